The summed E-state index contributed by atoms with van der Waals surface area (Å²) in [6, 6.07) is 11.9. The summed E-state index contributed by atoms with van der Waals surface area (Å²) in [6.45, 7) is 5.08. The summed E-state index contributed by atoms with van der Waals surface area (Å²) < 4.78 is 6.99. The molecule has 1 aliphatic rings. The van der Waals surface area contributed by atoms with Crippen LogP contribution in [0.1, 0.15) is 5.69 Å². The highest BCUT2D eigenvalue weighted by Crippen LogP contribution is 2.29. The van der Waals surface area contributed by atoms with Crippen LogP contribution in [-0.4, -0.2) is 45.8 Å². The molecule has 0 bridgehead atoms. The Morgan fingerprint density at radius 1 is 1.09 bits per heavy atom. The molecule has 0 aliphatic carbocycles. The summed E-state index contributed by atoms with van der Waals surface area (Å²) in [5.41, 5.74) is 9.73. The fraction of sp³-hybridized carbons (Fsp3) is 0.250. The SMILES string of the molecule is Cc1nc(N)ncc1-c1cc2ccn(C)c(=O)c2c(Nc2ccc(N3CCOCC3)cc2)n1. The van der Waals surface area contributed by atoms with Crippen LogP contribution >= 0.6 is 0 Å². The Labute approximate surface area is 190 Å². The highest BCUT2D eigenvalue weighted by Gasteiger charge is 2.15. The topological polar surface area (TPSA) is 111 Å². The van der Waals surface area contributed by atoms with Crippen molar-refractivity contribution in [3.05, 3.63) is 64.8 Å². The van der Waals surface area contributed by atoms with Crippen LogP contribution in [0.25, 0.3) is 22.0 Å². The Balaban J connectivity index is 1.57. The van der Waals surface area contributed by atoms with Gasteiger partial charge in [-0.3, -0.25) is 4.79 Å². The molecule has 9 nitrogen and oxygen atoms in total. The van der Waals surface area contributed by atoms with Crippen molar-refractivity contribution in [2.75, 3.05) is 42.3 Å². The van der Waals surface area contributed by atoms with Gasteiger partial charge in [-0.2, -0.15) is 0 Å². The molecule has 1 aliphatic heterocycles. The number of ether oxygens (including phenoxy) is 1. The van der Waals surface area contributed by atoms with Crippen molar-refractivity contribution in [2.24, 2.45) is 7.05 Å². The van der Waals surface area contributed by atoms with Crippen molar-refractivity contribution in [3.8, 4) is 11.3 Å². The van der Waals surface area contributed by atoms with E-state index in [0.29, 0.717) is 16.9 Å². The van der Waals surface area contributed by atoms with Gasteiger partial charge in [0.2, 0.25) is 5.95 Å². The van der Waals surface area contributed by atoms with Crippen molar-refractivity contribution in [3.63, 3.8) is 0 Å². The van der Waals surface area contributed by atoms with Crippen LogP contribution in [0.4, 0.5) is 23.1 Å². The van der Waals surface area contributed by atoms with E-state index < -0.39 is 0 Å². The van der Waals surface area contributed by atoms with E-state index in [9.17, 15) is 4.79 Å². The number of nitrogens with one attached hydrogen (secondary N) is 1. The molecule has 0 amide bonds. The standard InChI is InChI=1S/C24H25N7O2/c1-15-19(14-26-24(25)27-15)20-13-16-7-8-30(2)23(32)21(16)22(29-20)28-17-3-5-18(6-4-17)31-9-11-33-12-10-31/h3-8,13-14H,9-12H2,1-2H3,(H,28,29)(H2,25,26,27). The first-order valence-corrected chi connectivity index (χ1v) is 10.8. The van der Waals surface area contributed by atoms with Gasteiger partial charge < -0.3 is 25.3 Å². The predicted octanol–water partition coefficient (Wildman–Crippen LogP) is 2.86. The molecule has 168 valence electrons. The molecule has 9 heteroatoms. The lowest BCUT2D eigenvalue weighted by molar-refractivity contribution is 0.122. The average Bonchev–Trinajstić information content (AvgIpc) is 2.82. The Bertz CT molecular complexity index is 1380. The van der Waals surface area contributed by atoms with Gasteiger partial charge in [0.25, 0.3) is 5.56 Å². The molecule has 0 atom stereocenters. The van der Waals surface area contributed by atoms with Crippen molar-refractivity contribution < 1.29 is 4.74 Å². The van der Waals surface area contributed by atoms with Gasteiger partial charge in [-0.1, -0.05) is 0 Å². The summed E-state index contributed by atoms with van der Waals surface area (Å²) in [7, 11) is 1.73. The number of nitrogen functional groups attached to an aromatic ring is 1. The quantitative estimate of drug-likeness (QED) is 0.495. The fourth-order valence-electron chi connectivity index (χ4n) is 4.04. The van der Waals surface area contributed by atoms with Gasteiger partial charge >= 0.3 is 0 Å². The van der Waals surface area contributed by atoms with Crippen LogP contribution in [0.15, 0.2) is 53.6 Å². The molecule has 0 radical (unpaired) electrons. The van der Waals surface area contributed by atoms with Gasteiger partial charge in [0.05, 0.1) is 30.0 Å². The number of nitrogens with zero attached hydrogens (tertiary/aromatic N) is 5. The van der Waals surface area contributed by atoms with E-state index in [2.05, 4.69) is 32.3 Å². The third-order valence-corrected chi connectivity index (χ3v) is 5.84. The van der Waals surface area contributed by atoms with Gasteiger partial charge in [0.1, 0.15) is 5.82 Å². The molecule has 3 N–H and O–H groups in total. The first-order valence-electron chi connectivity index (χ1n) is 10.8. The summed E-state index contributed by atoms with van der Waals surface area (Å²) in [6.07, 6.45) is 3.41. The van der Waals surface area contributed by atoms with Crippen molar-refractivity contribution in [1.29, 1.82) is 0 Å². The first kappa shape index (κ1) is 20.9. The average molecular weight is 444 g/mol. The maximum absolute atomic E-state index is 13.0. The van der Waals surface area contributed by atoms with Crippen LogP contribution in [-0.2, 0) is 11.8 Å². The van der Waals surface area contributed by atoms with Gasteiger partial charge in [-0.25, -0.2) is 15.0 Å². The first-order chi connectivity index (χ1) is 16.0. The second kappa shape index (κ2) is 8.51. The summed E-state index contributed by atoms with van der Waals surface area (Å²) in [5, 5.41) is 4.66. The van der Waals surface area contributed by atoms with E-state index in [1.165, 1.54) is 0 Å². The van der Waals surface area contributed by atoms with Crippen LogP contribution in [0.3, 0.4) is 0 Å². The molecule has 1 aromatic carbocycles. The largest absolute Gasteiger partial charge is 0.378 e. The monoisotopic (exact) mass is 443 g/mol. The zero-order valence-electron chi connectivity index (χ0n) is 18.6. The Morgan fingerprint density at radius 2 is 1.85 bits per heavy atom. The van der Waals surface area contributed by atoms with E-state index in [0.717, 1.165) is 54.3 Å². The lowest BCUT2D eigenvalue weighted by Crippen LogP contribution is -2.36. The zero-order valence-corrected chi connectivity index (χ0v) is 18.6. The highest BCUT2D eigenvalue weighted by molar-refractivity contribution is 5.95. The number of rotatable bonds is 4. The second-order valence-electron chi connectivity index (χ2n) is 8.05. The number of morpholine rings is 1. The molecule has 0 spiro atoms. The minimum absolute atomic E-state index is 0.121. The Hall–Kier alpha value is -3.98. The molecule has 3 aromatic heterocycles. The number of anilines is 4. The molecule has 1 fully saturated rings. The highest BCUT2D eigenvalue weighted by atomic mass is 16.5. The lowest BCUT2D eigenvalue weighted by atomic mass is 10.1. The molecule has 0 unspecified atom stereocenters. The van der Waals surface area contributed by atoms with E-state index in [1.807, 2.05) is 31.2 Å². The van der Waals surface area contributed by atoms with Crippen molar-refractivity contribution in [1.82, 2.24) is 19.5 Å². The third kappa shape index (κ3) is 4.10. The van der Waals surface area contributed by atoms with Crippen molar-refractivity contribution in [2.45, 2.75) is 6.92 Å². The number of nitrogens with two attached hydrogens (primary N) is 1. The Morgan fingerprint density at radius 3 is 2.58 bits per heavy atom. The number of hydrogen-bond acceptors (Lipinski definition) is 8. The number of pyridine rings is 2. The zero-order chi connectivity index (χ0) is 22.9. The van der Waals surface area contributed by atoms with Crippen LogP contribution in [0.5, 0.6) is 0 Å². The maximum Gasteiger partial charge on any atom is 0.261 e. The van der Waals surface area contributed by atoms with Crippen LogP contribution in [0.2, 0.25) is 0 Å². The minimum Gasteiger partial charge on any atom is -0.378 e. The number of benzene rings is 1. The van der Waals surface area contributed by atoms with Crippen molar-refractivity contribution >= 4 is 33.9 Å². The molecular formula is C24H25N7O2. The smallest absolute Gasteiger partial charge is 0.261 e. The van der Waals surface area contributed by atoms with E-state index in [4.69, 9.17) is 15.5 Å². The van der Waals surface area contributed by atoms with Crippen LogP contribution in [0, 0.1) is 6.92 Å². The summed E-state index contributed by atoms with van der Waals surface area (Å²) in [4.78, 5) is 28.5. The van der Waals surface area contributed by atoms with Gasteiger partial charge in [0, 0.05) is 49.5 Å². The molecule has 0 saturated carbocycles. The van der Waals surface area contributed by atoms with E-state index in [-0.39, 0.29) is 11.5 Å². The number of fused-ring (bicyclic) bond motifs is 1. The molecule has 4 heterocycles. The number of hydrogen-bond donors (Lipinski definition) is 2. The van der Waals surface area contributed by atoms with E-state index >= 15 is 0 Å². The molecule has 4 aromatic rings. The second-order valence-corrected chi connectivity index (χ2v) is 8.05. The molecule has 33 heavy (non-hydrogen) atoms. The van der Waals surface area contributed by atoms with Gasteiger partial charge in [-0.05, 0) is 48.7 Å². The maximum atomic E-state index is 13.0. The third-order valence-electron chi connectivity index (χ3n) is 5.84. The number of aromatic nitrogens is 4. The normalized spacial score (nSPS) is 13.9. The Kier molecular flexibility index (Phi) is 5.39. The minimum atomic E-state index is -0.121. The number of aryl methyl sites for hydroxylation is 2. The van der Waals surface area contributed by atoms with E-state index in [1.54, 1.807) is 24.0 Å². The summed E-state index contributed by atoms with van der Waals surface area (Å²) in [5.74, 6) is 0.698. The van der Waals surface area contributed by atoms with Gasteiger partial charge in [-0.15, -0.1) is 0 Å². The summed E-state index contributed by atoms with van der Waals surface area (Å²) >= 11 is 0. The molecule has 5 rings (SSSR count). The predicted molar refractivity (Wildman–Crippen MR) is 130 cm³/mol. The lowest BCUT2D eigenvalue weighted by Gasteiger charge is -2.29. The molecular weight excluding hydrogens is 418 g/mol. The van der Waals surface area contributed by atoms with Crippen LogP contribution < -0.4 is 21.5 Å². The van der Waals surface area contributed by atoms with Gasteiger partial charge in [0.15, 0.2) is 0 Å². The fourth-order valence-corrected chi connectivity index (χ4v) is 4.04. The molecule has 1 saturated heterocycles.